The van der Waals surface area contributed by atoms with Gasteiger partial charge in [-0.15, -0.1) is 0 Å². The second-order valence-electron chi connectivity index (χ2n) is 11.3. The van der Waals surface area contributed by atoms with Crippen LogP contribution in [0.25, 0.3) is 22.0 Å². The van der Waals surface area contributed by atoms with Gasteiger partial charge in [0.05, 0.1) is 12.1 Å². The van der Waals surface area contributed by atoms with E-state index < -0.39 is 5.92 Å². The van der Waals surface area contributed by atoms with Gasteiger partial charge < -0.3 is 0 Å². The fourth-order valence-electron chi connectivity index (χ4n) is 5.59. The molecule has 202 valence electrons. The Bertz CT molecular complexity index is 1480. The van der Waals surface area contributed by atoms with Crippen molar-refractivity contribution in [2.75, 3.05) is 13.1 Å². The Morgan fingerprint density at radius 2 is 1.97 bits per heavy atom. The zero-order valence-corrected chi connectivity index (χ0v) is 22.2. The number of pyridine rings is 2. The van der Waals surface area contributed by atoms with Gasteiger partial charge in [-0.25, -0.2) is 8.78 Å². The summed E-state index contributed by atoms with van der Waals surface area (Å²) in [6, 6.07) is 12.1. The number of hydrogen-bond donors (Lipinski definition) is 1. The molecule has 0 bridgehead atoms. The van der Waals surface area contributed by atoms with Gasteiger partial charge in [0.25, 0.3) is 5.92 Å². The molecule has 39 heavy (non-hydrogen) atoms. The third-order valence-electron chi connectivity index (χ3n) is 8.26. The molecule has 1 saturated heterocycles. The van der Waals surface area contributed by atoms with Crippen LogP contribution in [0.1, 0.15) is 72.3 Å². The number of carbonyl (C=O) groups excluding carboxylic acids is 1. The van der Waals surface area contributed by atoms with E-state index in [0.717, 1.165) is 46.0 Å². The van der Waals surface area contributed by atoms with Crippen molar-refractivity contribution in [2.24, 2.45) is 5.92 Å². The fourth-order valence-corrected chi connectivity index (χ4v) is 5.59. The Kier molecular flexibility index (Phi) is 6.97. The zero-order chi connectivity index (χ0) is 27.0. The second-order valence-corrected chi connectivity index (χ2v) is 11.3. The van der Waals surface area contributed by atoms with Crippen molar-refractivity contribution in [2.45, 2.75) is 63.8 Å². The molecule has 1 aromatic carbocycles. The molecule has 0 radical (unpaired) electrons. The normalized spacial score (nSPS) is 18.3. The number of likely N-dealkylation sites (tertiary alicyclic amines) is 1. The molecule has 1 atom stereocenters. The van der Waals surface area contributed by atoms with E-state index in [9.17, 15) is 13.6 Å². The van der Waals surface area contributed by atoms with Crippen molar-refractivity contribution >= 4 is 16.7 Å². The average molecular weight is 530 g/mol. The Labute approximate surface area is 226 Å². The quantitative estimate of drug-likeness (QED) is 0.248. The van der Waals surface area contributed by atoms with E-state index in [1.807, 2.05) is 37.4 Å². The number of Topliss-reactive ketones (excluding diaryl/α,β-unsaturated/α-hetero) is 1. The van der Waals surface area contributed by atoms with E-state index in [2.05, 4.69) is 32.3 Å². The monoisotopic (exact) mass is 529 g/mol. The molecule has 6 nitrogen and oxygen atoms in total. The predicted octanol–water partition coefficient (Wildman–Crippen LogP) is 6.58. The molecular formula is C31H33F2N5O. The first-order valence-electron chi connectivity index (χ1n) is 13.9. The molecule has 1 saturated carbocycles. The van der Waals surface area contributed by atoms with Crippen molar-refractivity contribution in [3.8, 4) is 11.1 Å². The molecule has 8 heteroatoms. The van der Waals surface area contributed by atoms with E-state index in [1.54, 1.807) is 17.3 Å². The van der Waals surface area contributed by atoms with Crippen molar-refractivity contribution in [3.63, 3.8) is 0 Å². The number of nitrogens with zero attached hydrogens (tertiary/aromatic N) is 4. The Morgan fingerprint density at radius 1 is 1.10 bits per heavy atom. The number of ketones is 1. The first-order valence-corrected chi connectivity index (χ1v) is 13.9. The number of H-pyrrole nitrogens is 1. The van der Waals surface area contributed by atoms with Crippen LogP contribution in [0.4, 0.5) is 8.78 Å². The van der Waals surface area contributed by atoms with Crippen LogP contribution in [0, 0.1) is 5.92 Å². The summed E-state index contributed by atoms with van der Waals surface area (Å²) in [7, 11) is 0. The molecule has 1 aliphatic carbocycles. The van der Waals surface area contributed by atoms with Crippen LogP contribution in [0.15, 0.2) is 55.0 Å². The molecule has 0 amide bonds. The van der Waals surface area contributed by atoms with Gasteiger partial charge in [-0.1, -0.05) is 25.5 Å². The number of halogens is 2. The summed E-state index contributed by atoms with van der Waals surface area (Å²) in [4.78, 5) is 24.2. The lowest BCUT2D eigenvalue weighted by Gasteiger charge is -2.24. The number of hydrogen-bond acceptors (Lipinski definition) is 5. The molecule has 1 aliphatic heterocycles. The van der Waals surface area contributed by atoms with E-state index in [4.69, 9.17) is 0 Å². The third kappa shape index (κ3) is 5.62. The van der Waals surface area contributed by atoms with Crippen LogP contribution in [0.3, 0.4) is 0 Å². The second kappa shape index (κ2) is 10.6. The molecule has 6 rings (SSSR count). The topological polar surface area (TPSA) is 74.8 Å². The van der Waals surface area contributed by atoms with Gasteiger partial charge in [0.2, 0.25) is 0 Å². The van der Waals surface area contributed by atoms with Gasteiger partial charge in [0.15, 0.2) is 5.78 Å². The molecule has 4 aromatic rings. The summed E-state index contributed by atoms with van der Waals surface area (Å²) in [5.41, 5.74) is 6.26. The lowest BCUT2D eigenvalue weighted by atomic mass is 9.82. The summed E-state index contributed by atoms with van der Waals surface area (Å²) in [5.74, 6) is -2.17. The number of aromatic nitrogens is 4. The first kappa shape index (κ1) is 25.7. The van der Waals surface area contributed by atoms with Gasteiger partial charge in [-0.3, -0.25) is 24.8 Å². The molecule has 1 N–H and O–H groups in total. The van der Waals surface area contributed by atoms with Gasteiger partial charge in [-0.05, 0) is 66.6 Å². The summed E-state index contributed by atoms with van der Waals surface area (Å²) < 4.78 is 27.2. The van der Waals surface area contributed by atoms with Gasteiger partial charge in [0.1, 0.15) is 5.69 Å². The van der Waals surface area contributed by atoms with Crippen molar-refractivity contribution in [1.29, 1.82) is 0 Å². The lowest BCUT2D eigenvalue weighted by molar-refractivity contribution is 0.0115. The van der Waals surface area contributed by atoms with Crippen molar-refractivity contribution < 1.29 is 13.6 Å². The minimum Gasteiger partial charge on any atom is -0.293 e. The van der Waals surface area contributed by atoms with Crippen molar-refractivity contribution in [3.05, 3.63) is 77.5 Å². The van der Waals surface area contributed by atoms with Crippen LogP contribution < -0.4 is 0 Å². The van der Waals surface area contributed by atoms with Crippen LogP contribution in [-0.4, -0.2) is 49.9 Å². The molecule has 2 aliphatic rings. The number of aryl methyl sites for hydroxylation is 1. The highest BCUT2D eigenvalue weighted by atomic mass is 19.3. The minimum atomic E-state index is -2.62. The number of benzene rings is 1. The summed E-state index contributed by atoms with van der Waals surface area (Å²) in [6.07, 6.45) is 10.6. The maximum absolute atomic E-state index is 13.6. The highest BCUT2D eigenvalue weighted by Crippen LogP contribution is 2.35. The number of nitrogens with one attached hydrogen (secondary N) is 1. The summed E-state index contributed by atoms with van der Waals surface area (Å²) in [5, 5.41) is 8.15. The highest BCUT2D eigenvalue weighted by molar-refractivity contribution is 6.07. The van der Waals surface area contributed by atoms with Crippen LogP contribution in [-0.2, 0) is 13.0 Å². The third-order valence-corrected chi connectivity index (χ3v) is 8.26. The first-order chi connectivity index (χ1) is 18.8. The van der Waals surface area contributed by atoms with E-state index in [-0.39, 0.29) is 24.7 Å². The van der Waals surface area contributed by atoms with Gasteiger partial charge >= 0.3 is 0 Å². The maximum atomic E-state index is 13.6. The Hall–Kier alpha value is -3.52. The largest absolute Gasteiger partial charge is 0.293 e. The number of fused-ring (bicyclic) bond motifs is 1. The Morgan fingerprint density at radius 3 is 2.69 bits per heavy atom. The summed E-state index contributed by atoms with van der Waals surface area (Å²) >= 11 is 0. The predicted molar refractivity (Wildman–Crippen MR) is 147 cm³/mol. The highest BCUT2D eigenvalue weighted by Gasteiger charge is 2.38. The van der Waals surface area contributed by atoms with Crippen LogP contribution in [0.2, 0.25) is 0 Å². The van der Waals surface area contributed by atoms with E-state index in [0.29, 0.717) is 24.7 Å². The number of rotatable bonds is 9. The fraction of sp³-hybridized carbons (Fsp3) is 0.419. The number of aromatic amines is 1. The van der Waals surface area contributed by atoms with E-state index >= 15 is 0 Å². The number of alkyl halides is 2. The lowest BCUT2D eigenvalue weighted by Crippen LogP contribution is -2.24. The Balaban J connectivity index is 1.14. The van der Waals surface area contributed by atoms with Crippen LogP contribution in [0.5, 0.6) is 0 Å². The van der Waals surface area contributed by atoms with E-state index in [1.165, 1.54) is 25.0 Å². The van der Waals surface area contributed by atoms with Gasteiger partial charge in [0, 0.05) is 66.6 Å². The average Bonchev–Trinajstić information content (AvgIpc) is 3.48. The molecule has 4 heterocycles. The standard InChI is InChI=1S/C31H33F2N5O/c1-20(5-6-21-7-9-27(35-16-21)23-3-2-4-23)30(39)29-26-14-24(8-10-28(26)36-37-29)25-13-22(15-34-17-25)18-38-12-11-31(32,33)19-38/h7-10,13-17,20,23H,2-6,11-12,18-19H2,1H3,(H,36,37)/t20-/m0/s1. The molecular weight excluding hydrogens is 496 g/mol. The minimum absolute atomic E-state index is 0.0132. The van der Waals surface area contributed by atoms with Gasteiger partial charge in [-0.2, -0.15) is 5.10 Å². The summed E-state index contributed by atoms with van der Waals surface area (Å²) in [6.45, 7) is 2.55. The molecule has 2 fully saturated rings. The molecule has 0 spiro atoms. The van der Waals surface area contributed by atoms with Crippen LogP contribution >= 0.6 is 0 Å². The smallest absolute Gasteiger partial charge is 0.261 e. The number of carbonyl (C=O) groups is 1. The maximum Gasteiger partial charge on any atom is 0.261 e. The van der Waals surface area contributed by atoms with Crippen molar-refractivity contribution in [1.82, 2.24) is 25.1 Å². The zero-order valence-electron chi connectivity index (χ0n) is 22.2. The molecule has 3 aromatic heterocycles. The SMILES string of the molecule is C[C@@H](CCc1ccc(C2CCC2)nc1)C(=O)c1n[nH]c2ccc(-c3cncc(CN4CCC(F)(F)C4)c3)cc12. The molecule has 0 unspecified atom stereocenters.